The van der Waals surface area contributed by atoms with Crippen LogP contribution in [0.5, 0.6) is 0 Å². The van der Waals surface area contributed by atoms with Crippen molar-refractivity contribution in [3.05, 3.63) is 81.9 Å². The van der Waals surface area contributed by atoms with Gasteiger partial charge in [0.25, 0.3) is 5.91 Å². The molecule has 3 aromatic rings. The molecule has 0 saturated carbocycles. The fraction of sp³-hybridized carbons (Fsp3) is 0.273. The summed E-state index contributed by atoms with van der Waals surface area (Å²) < 4.78 is 0. The number of aryl methyl sites for hydroxylation is 1. The molecule has 0 aliphatic heterocycles. The molecule has 0 fully saturated rings. The lowest BCUT2D eigenvalue weighted by Gasteiger charge is -2.15. The van der Waals surface area contributed by atoms with Gasteiger partial charge in [-0.25, -0.2) is 4.98 Å². The highest BCUT2D eigenvalue weighted by molar-refractivity contribution is 7.15. The Bertz CT molecular complexity index is 900. The van der Waals surface area contributed by atoms with Gasteiger partial charge >= 0.3 is 0 Å². The van der Waals surface area contributed by atoms with Crippen LogP contribution >= 0.6 is 11.3 Å². The Hall–Kier alpha value is -2.46. The minimum Gasteiger partial charge on any atom is -0.298 e. The van der Waals surface area contributed by atoms with Crippen LogP contribution in [-0.2, 0) is 19.3 Å². The highest BCUT2D eigenvalue weighted by atomic mass is 32.1. The van der Waals surface area contributed by atoms with Gasteiger partial charge in [-0.1, -0.05) is 49.4 Å². The first-order valence-electron chi connectivity index (χ1n) is 9.10. The van der Waals surface area contributed by atoms with Crippen molar-refractivity contribution in [3.63, 3.8) is 0 Å². The predicted molar refractivity (Wildman–Crippen MR) is 107 cm³/mol. The van der Waals surface area contributed by atoms with Crippen LogP contribution in [0.3, 0.4) is 0 Å². The molecule has 1 aromatic heterocycles. The van der Waals surface area contributed by atoms with Crippen molar-refractivity contribution >= 4 is 22.4 Å². The summed E-state index contributed by atoms with van der Waals surface area (Å²) in [4.78, 5) is 18.5. The lowest BCUT2D eigenvalue weighted by atomic mass is 9.93. The Morgan fingerprint density at radius 3 is 2.62 bits per heavy atom. The standard InChI is InChI=1S/C22H22N2OS/c1-15-7-12-19-20(13-15)26-22(23-19)24-21(25)18-10-8-17(9-11-18)14-16-5-3-2-4-6-16/h2-6,8-11,15H,7,12-14H2,1H3,(H,23,24,25)/t15-/m1/s1. The number of hydrogen-bond donors (Lipinski definition) is 1. The van der Waals surface area contributed by atoms with Crippen LogP contribution in [-0.4, -0.2) is 10.9 Å². The normalized spacial score (nSPS) is 16.1. The molecular weight excluding hydrogens is 340 g/mol. The van der Waals surface area contributed by atoms with E-state index in [1.54, 1.807) is 11.3 Å². The second-order valence-corrected chi connectivity index (χ2v) is 8.13. The molecule has 1 N–H and O–H groups in total. The Morgan fingerprint density at radius 2 is 1.85 bits per heavy atom. The van der Waals surface area contributed by atoms with Crippen LogP contribution < -0.4 is 5.32 Å². The molecule has 132 valence electrons. The lowest BCUT2D eigenvalue weighted by Crippen LogP contribution is -2.12. The number of benzene rings is 2. The second-order valence-electron chi connectivity index (χ2n) is 7.05. The van der Waals surface area contributed by atoms with E-state index >= 15 is 0 Å². The number of hydrogen-bond acceptors (Lipinski definition) is 3. The minimum atomic E-state index is -0.0876. The quantitative estimate of drug-likeness (QED) is 0.701. The highest BCUT2D eigenvalue weighted by Gasteiger charge is 2.20. The Kier molecular flexibility index (Phi) is 4.85. The van der Waals surface area contributed by atoms with Gasteiger partial charge in [0.05, 0.1) is 5.69 Å². The summed E-state index contributed by atoms with van der Waals surface area (Å²) in [7, 11) is 0. The van der Waals surface area contributed by atoms with Crippen LogP contribution in [0.2, 0.25) is 0 Å². The number of rotatable bonds is 4. The molecule has 0 spiro atoms. The summed E-state index contributed by atoms with van der Waals surface area (Å²) in [6.07, 6.45) is 4.17. The van der Waals surface area contributed by atoms with Crippen LogP contribution in [0.1, 0.15) is 45.4 Å². The third-order valence-electron chi connectivity index (χ3n) is 4.87. The molecule has 1 amide bonds. The van der Waals surface area contributed by atoms with Gasteiger partial charge in [-0.15, -0.1) is 11.3 Å². The van der Waals surface area contributed by atoms with Gasteiger partial charge in [0.15, 0.2) is 5.13 Å². The van der Waals surface area contributed by atoms with Gasteiger partial charge in [0.2, 0.25) is 0 Å². The van der Waals surface area contributed by atoms with E-state index in [2.05, 4.69) is 29.4 Å². The van der Waals surface area contributed by atoms with Crippen molar-refractivity contribution in [2.45, 2.75) is 32.6 Å². The molecule has 4 heteroatoms. The molecule has 0 bridgehead atoms. The van der Waals surface area contributed by atoms with Crippen LogP contribution in [0.15, 0.2) is 54.6 Å². The Labute approximate surface area is 158 Å². The molecule has 0 saturated heterocycles. The largest absolute Gasteiger partial charge is 0.298 e. The third kappa shape index (κ3) is 3.86. The summed E-state index contributed by atoms with van der Waals surface area (Å²) in [5.74, 6) is 0.624. The van der Waals surface area contributed by atoms with Crippen molar-refractivity contribution in [3.8, 4) is 0 Å². The second kappa shape index (κ2) is 7.42. The molecule has 1 heterocycles. The number of anilines is 1. The predicted octanol–water partition coefficient (Wildman–Crippen LogP) is 5.11. The molecular formula is C22H22N2OS. The van der Waals surface area contributed by atoms with Gasteiger partial charge in [-0.3, -0.25) is 10.1 Å². The van der Waals surface area contributed by atoms with Gasteiger partial charge in [-0.2, -0.15) is 0 Å². The first-order valence-corrected chi connectivity index (χ1v) is 9.92. The summed E-state index contributed by atoms with van der Waals surface area (Å²) in [6, 6.07) is 18.2. The van der Waals surface area contributed by atoms with Crippen molar-refractivity contribution in [2.75, 3.05) is 5.32 Å². The van der Waals surface area contributed by atoms with Gasteiger partial charge < -0.3 is 0 Å². The molecule has 2 aromatic carbocycles. The van der Waals surface area contributed by atoms with Crippen molar-refractivity contribution in [1.29, 1.82) is 0 Å². The number of carbonyl (C=O) groups excluding carboxylic acids is 1. The number of amides is 1. The average Bonchev–Trinajstić information content (AvgIpc) is 3.04. The minimum absolute atomic E-state index is 0.0876. The zero-order valence-electron chi connectivity index (χ0n) is 14.9. The molecule has 0 radical (unpaired) electrons. The van der Waals surface area contributed by atoms with E-state index in [0.717, 1.165) is 24.4 Å². The van der Waals surface area contributed by atoms with E-state index < -0.39 is 0 Å². The zero-order valence-corrected chi connectivity index (χ0v) is 15.7. The van der Waals surface area contributed by atoms with Gasteiger partial charge in [-0.05, 0) is 54.9 Å². The SMILES string of the molecule is C[C@@H]1CCc2nc(NC(=O)c3ccc(Cc4ccccc4)cc3)sc2C1. The first-order chi connectivity index (χ1) is 12.7. The van der Waals surface area contributed by atoms with Crippen molar-refractivity contribution in [2.24, 2.45) is 5.92 Å². The van der Waals surface area contributed by atoms with Gasteiger partial charge in [0, 0.05) is 10.4 Å². The molecule has 1 atom stereocenters. The fourth-order valence-corrected chi connectivity index (χ4v) is 4.53. The molecule has 1 aliphatic rings. The topological polar surface area (TPSA) is 42.0 Å². The summed E-state index contributed by atoms with van der Waals surface area (Å²) in [5.41, 5.74) is 4.31. The molecule has 3 nitrogen and oxygen atoms in total. The summed E-state index contributed by atoms with van der Waals surface area (Å²) in [5, 5.41) is 3.69. The van der Waals surface area contributed by atoms with Crippen molar-refractivity contribution in [1.82, 2.24) is 4.98 Å². The molecule has 4 rings (SSSR count). The number of aromatic nitrogens is 1. The van der Waals surface area contributed by atoms with E-state index in [4.69, 9.17) is 0 Å². The molecule has 1 aliphatic carbocycles. The Morgan fingerprint density at radius 1 is 1.12 bits per heavy atom. The Balaban J connectivity index is 1.42. The monoisotopic (exact) mass is 362 g/mol. The zero-order chi connectivity index (χ0) is 17.9. The summed E-state index contributed by atoms with van der Waals surface area (Å²) >= 11 is 1.62. The van der Waals surface area contributed by atoms with E-state index in [9.17, 15) is 4.79 Å². The number of fused-ring (bicyclic) bond motifs is 1. The maximum atomic E-state index is 12.5. The molecule has 26 heavy (non-hydrogen) atoms. The van der Waals surface area contributed by atoms with Crippen LogP contribution in [0, 0.1) is 5.92 Å². The van der Waals surface area contributed by atoms with Crippen molar-refractivity contribution < 1.29 is 4.79 Å². The number of carbonyl (C=O) groups is 1. The number of nitrogens with one attached hydrogen (secondary N) is 1. The maximum absolute atomic E-state index is 12.5. The fourth-order valence-electron chi connectivity index (χ4n) is 3.37. The smallest absolute Gasteiger partial charge is 0.257 e. The summed E-state index contributed by atoms with van der Waals surface area (Å²) in [6.45, 7) is 2.28. The lowest BCUT2D eigenvalue weighted by molar-refractivity contribution is 0.102. The van der Waals surface area contributed by atoms with E-state index in [1.807, 2.05) is 42.5 Å². The number of thiazole rings is 1. The van der Waals surface area contributed by atoms with Crippen LogP contribution in [0.4, 0.5) is 5.13 Å². The average molecular weight is 362 g/mol. The number of nitrogens with zero attached hydrogens (tertiary/aromatic N) is 1. The van der Waals surface area contributed by atoms with E-state index in [0.29, 0.717) is 11.5 Å². The molecule has 0 unspecified atom stereocenters. The van der Waals surface area contributed by atoms with E-state index in [1.165, 1.54) is 28.1 Å². The maximum Gasteiger partial charge on any atom is 0.257 e. The van der Waals surface area contributed by atoms with E-state index in [-0.39, 0.29) is 5.91 Å². The third-order valence-corrected chi connectivity index (χ3v) is 5.91. The van der Waals surface area contributed by atoms with Gasteiger partial charge in [0.1, 0.15) is 0 Å². The first kappa shape index (κ1) is 17.0. The van der Waals surface area contributed by atoms with Crippen LogP contribution in [0.25, 0.3) is 0 Å². The highest BCUT2D eigenvalue weighted by Crippen LogP contribution is 2.32.